The highest BCUT2D eigenvalue weighted by molar-refractivity contribution is 5.58. The van der Waals surface area contributed by atoms with Crippen molar-refractivity contribution >= 4 is 0 Å². The Labute approximate surface area is 116 Å². The summed E-state index contributed by atoms with van der Waals surface area (Å²) in [5, 5.41) is 12.7. The Balaban J connectivity index is 1.94. The number of rotatable bonds is 3. The van der Waals surface area contributed by atoms with E-state index in [1.165, 1.54) is 6.07 Å². The normalized spacial score (nSPS) is 11.7. The van der Waals surface area contributed by atoms with Crippen LogP contribution in [0.1, 0.15) is 19.4 Å². The number of benzene rings is 1. The lowest BCUT2D eigenvalue weighted by Crippen LogP contribution is -2.26. The largest absolute Gasteiger partial charge is 0.491 e. The molecule has 0 saturated carbocycles. The molecule has 3 aromatic rings. The van der Waals surface area contributed by atoms with Gasteiger partial charge in [0.15, 0.2) is 5.76 Å². The van der Waals surface area contributed by atoms with Crippen LogP contribution in [-0.2, 0) is 5.54 Å². The van der Waals surface area contributed by atoms with Crippen LogP contribution in [0.2, 0.25) is 0 Å². The first-order valence-electron chi connectivity index (χ1n) is 6.32. The van der Waals surface area contributed by atoms with Gasteiger partial charge >= 0.3 is 0 Å². The lowest BCUT2D eigenvalue weighted by Gasteiger charge is -2.27. The third kappa shape index (κ3) is 2.07. The number of nitrogens with zero attached hydrogens (tertiary/aromatic N) is 3. The van der Waals surface area contributed by atoms with Gasteiger partial charge in [0.25, 0.3) is 5.88 Å². The van der Waals surface area contributed by atoms with E-state index in [-0.39, 0.29) is 11.4 Å². The van der Waals surface area contributed by atoms with Gasteiger partial charge in [-0.3, -0.25) is 0 Å². The zero-order valence-electron chi connectivity index (χ0n) is 11.3. The van der Waals surface area contributed by atoms with Crippen molar-refractivity contribution in [3.63, 3.8) is 0 Å². The number of imidazole rings is 1. The smallest absolute Gasteiger partial charge is 0.252 e. The second-order valence-corrected chi connectivity index (χ2v) is 5.16. The first-order valence-corrected chi connectivity index (χ1v) is 6.32. The summed E-state index contributed by atoms with van der Waals surface area (Å²) in [7, 11) is 0. The van der Waals surface area contributed by atoms with Crippen LogP contribution in [-0.4, -0.2) is 19.8 Å². The maximum absolute atomic E-state index is 9.21. The second-order valence-electron chi connectivity index (χ2n) is 5.16. The van der Waals surface area contributed by atoms with E-state index in [0.717, 1.165) is 11.1 Å². The Hall–Kier alpha value is -2.56. The van der Waals surface area contributed by atoms with Crippen molar-refractivity contribution < 1.29 is 9.63 Å². The van der Waals surface area contributed by atoms with Crippen LogP contribution in [0.15, 0.2) is 53.6 Å². The van der Waals surface area contributed by atoms with E-state index in [1.807, 2.05) is 36.8 Å². The van der Waals surface area contributed by atoms with Crippen molar-refractivity contribution in [2.24, 2.45) is 0 Å². The molecule has 0 aliphatic rings. The highest BCUT2D eigenvalue weighted by Crippen LogP contribution is 2.28. The lowest BCUT2D eigenvalue weighted by molar-refractivity contribution is 0.365. The maximum Gasteiger partial charge on any atom is 0.252 e. The van der Waals surface area contributed by atoms with E-state index in [4.69, 9.17) is 4.52 Å². The minimum absolute atomic E-state index is 0.108. The molecule has 3 rings (SSSR count). The number of aromatic hydroxyl groups is 1. The summed E-state index contributed by atoms with van der Waals surface area (Å²) >= 11 is 0. The molecular formula is C15H15N3O2. The molecule has 0 amide bonds. The summed E-state index contributed by atoms with van der Waals surface area (Å²) in [5.41, 5.74) is 1.85. The Bertz CT molecular complexity index is 697. The van der Waals surface area contributed by atoms with Crippen molar-refractivity contribution in [3.8, 4) is 17.2 Å². The summed E-state index contributed by atoms with van der Waals surface area (Å²) in [6.07, 6.45) is 5.53. The molecule has 5 heteroatoms. The summed E-state index contributed by atoms with van der Waals surface area (Å²) in [6.45, 7) is 4.26. The van der Waals surface area contributed by atoms with Crippen molar-refractivity contribution in [1.29, 1.82) is 0 Å². The van der Waals surface area contributed by atoms with E-state index < -0.39 is 0 Å². The SMILES string of the molecule is CC(C)(c1ccc(-c2cc(O)no2)cc1)n1ccnc1. The van der Waals surface area contributed by atoms with Gasteiger partial charge in [-0.25, -0.2) is 4.98 Å². The Morgan fingerprint density at radius 2 is 1.95 bits per heavy atom. The summed E-state index contributed by atoms with van der Waals surface area (Å²) in [5.74, 6) is 0.442. The molecule has 2 aromatic heterocycles. The first-order chi connectivity index (χ1) is 9.57. The Morgan fingerprint density at radius 1 is 1.20 bits per heavy atom. The molecule has 0 fully saturated rings. The molecule has 102 valence electrons. The molecule has 1 aromatic carbocycles. The van der Waals surface area contributed by atoms with E-state index in [1.54, 1.807) is 6.20 Å². The fourth-order valence-electron chi connectivity index (χ4n) is 2.18. The fourth-order valence-corrected chi connectivity index (χ4v) is 2.18. The summed E-state index contributed by atoms with van der Waals surface area (Å²) in [4.78, 5) is 4.09. The Kier molecular flexibility index (Phi) is 2.82. The van der Waals surface area contributed by atoms with Crippen molar-refractivity contribution in [2.75, 3.05) is 0 Å². The van der Waals surface area contributed by atoms with Gasteiger partial charge in [-0.1, -0.05) is 24.3 Å². The van der Waals surface area contributed by atoms with Crippen LogP contribution < -0.4 is 0 Å². The van der Waals surface area contributed by atoms with E-state index in [9.17, 15) is 5.11 Å². The fraction of sp³-hybridized carbons (Fsp3) is 0.200. The molecular weight excluding hydrogens is 254 g/mol. The van der Waals surface area contributed by atoms with Crippen LogP contribution in [0.5, 0.6) is 5.88 Å². The van der Waals surface area contributed by atoms with Gasteiger partial charge in [0.1, 0.15) is 0 Å². The molecule has 0 aliphatic carbocycles. The first kappa shape index (κ1) is 12.5. The summed E-state index contributed by atoms with van der Waals surface area (Å²) in [6, 6.07) is 9.47. The quantitative estimate of drug-likeness (QED) is 0.793. The van der Waals surface area contributed by atoms with Gasteiger partial charge in [-0.2, -0.15) is 0 Å². The van der Waals surface area contributed by atoms with Crippen LogP contribution in [0.3, 0.4) is 0 Å². The van der Waals surface area contributed by atoms with Crippen molar-refractivity contribution in [1.82, 2.24) is 14.7 Å². The van der Waals surface area contributed by atoms with E-state index >= 15 is 0 Å². The topological polar surface area (TPSA) is 64.1 Å². The van der Waals surface area contributed by atoms with E-state index in [0.29, 0.717) is 5.76 Å². The predicted molar refractivity (Wildman–Crippen MR) is 74.3 cm³/mol. The van der Waals surface area contributed by atoms with Crippen LogP contribution in [0.4, 0.5) is 0 Å². The van der Waals surface area contributed by atoms with Gasteiger partial charge in [0, 0.05) is 24.0 Å². The predicted octanol–water partition coefficient (Wildman–Crippen LogP) is 3.03. The second kappa shape index (κ2) is 4.52. The molecule has 0 atom stereocenters. The van der Waals surface area contributed by atoms with Crippen molar-refractivity contribution in [2.45, 2.75) is 19.4 Å². The molecule has 0 spiro atoms. The molecule has 0 radical (unpaired) electrons. The standard InChI is InChI=1S/C15H15N3O2/c1-15(2,18-8-7-16-10-18)12-5-3-11(4-6-12)13-9-14(19)17-20-13/h3-10H,1-2H3,(H,17,19). The van der Waals surface area contributed by atoms with Gasteiger partial charge in [0.05, 0.1) is 11.9 Å². The van der Waals surface area contributed by atoms with Gasteiger partial charge in [-0.05, 0) is 24.6 Å². The number of hydrogen-bond acceptors (Lipinski definition) is 4. The van der Waals surface area contributed by atoms with Crippen LogP contribution >= 0.6 is 0 Å². The molecule has 0 saturated heterocycles. The molecule has 0 aliphatic heterocycles. The zero-order chi connectivity index (χ0) is 14.2. The maximum atomic E-state index is 9.21. The number of aromatic nitrogens is 3. The summed E-state index contributed by atoms with van der Waals surface area (Å²) < 4.78 is 7.09. The monoisotopic (exact) mass is 269 g/mol. The highest BCUT2D eigenvalue weighted by Gasteiger charge is 2.22. The molecule has 1 N–H and O–H groups in total. The zero-order valence-corrected chi connectivity index (χ0v) is 11.3. The van der Waals surface area contributed by atoms with Gasteiger partial charge in [-0.15, -0.1) is 0 Å². The molecule has 0 bridgehead atoms. The third-order valence-electron chi connectivity index (χ3n) is 3.52. The Morgan fingerprint density at radius 3 is 2.50 bits per heavy atom. The average molecular weight is 269 g/mol. The average Bonchev–Trinajstić information content (AvgIpc) is 3.10. The number of hydrogen-bond donors (Lipinski definition) is 1. The van der Waals surface area contributed by atoms with Crippen molar-refractivity contribution in [3.05, 3.63) is 54.6 Å². The lowest BCUT2D eigenvalue weighted by atomic mass is 9.93. The van der Waals surface area contributed by atoms with Gasteiger partial charge in [0.2, 0.25) is 0 Å². The minimum atomic E-state index is -0.182. The van der Waals surface area contributed by atoms with Gasteiger partial charge < -0.3 is 14.2 Å². The molecule has 5 nitrogen and oxygen atoms in total. The minimum Gasteiger partial charge on any atom is -0.491 e. The van der Waals surface area contributed by atoms with E-state index in [2.05, 4.69) is 28.6 Å². The molecule has 0 unspecified atom stereocenters. The van der Waals surface area contributed by atoms with Crippen LogP contribution in [0, 0.1) is 0 Å². The third-order valence-corrected chi connectivity index (χ3v) is 3.52. The highest BCUT2D eigenvalue weighted by atomic mass is 16.5. The molecule has 2 heterocycles. The van der Waals surface area contributed by atoms with Crippen LogP contribution in [0.25, 0.3) is 11.3 Å². The molecule has 20 heavy (non-hydrogen) atoms.